The fraction of sp³-hybridized carbons (Fsp3) is 0.174. The molecule has 1 amide bonds. The van der Waals surface area contributed by atoms with Crippen LogP contribution < -0.4 is 5.32 Å². The van der Waals surface area contributed by atoms with Crippen molar-refractivity contribution in [1.82, 2.24) is 14.9 Å². The third-order valence-corrected chi connectivity index (χ3v) is 6.15. The second-order valence-corrected chi connectivity index (χ2v) is 8.25. The van der Waals surface area contributed by atoms with Crippen LogP contribution in [-0.2, 0) is 19.5 Å². The SMILES string of the molecule is O=C(Nc1nc2c(s1)CN(Cc1ccccc1)CC2)c1cccc2cccnc12. The van der Waals surface area contributed by atoms with E-state index in [-0.39, 0.29) is 5.91 Å². The smallest absolute Gasteiger partial charge is 0.259 e. The van der Waals surface area contributed by atoms with Crippen LogP contribution in [0.25, 0.3) is 10.9 Å². The van der Waals surface area contributed by atoms with Gasteiger partial charge in [0.15, 0.2) is 5.13 Å². The molecular formula is C23H20N4OS. The molecular weight excluding hydrogens is 380 g/mol. The average molecular weight is 401 g/mol. The number of hydrogen-bond acceptors (Lipinski definition) is 5. The molecule has 0 radical (unpaired) electrons. The summed E-state index contributed by atoms with van der Waals surface area (Å²) in [5, 5.41) is 4.60. The summed E-state index contributed by atoms with van der Waals surface area (Å²) in [5.41, 5.74) is 3.70. The van der Waals surface area contributed by atoms with E-state index in [1.165, 1.54) is 10.4 Å². The van der Waals surface area contributed by atoms with Crippen molar-refractivity contribution in [1.29, 1.82) is 0 Å². The number of anilines is 1. The van der Waals surface area contributed by atoms with Crippen LogP contribution in [0.4, 0.5) is 5.13 Å². The lowest BCUT2D eigenvalue weighted by molar-refractivity contribution is 0.102. The summed E-state index contributed by atoms with van der Waals surface area (Å²) in [5.74, 6) is -0.165. The molecule has 29 heavy (non-hydrogen) atoms. The third kappa shape index (κ3) is 3.77. The fourth-order valence-electron chi connectivity index (χ4n) is 3.73. The number of hydrogen-bond donors (Lipinski definition) is 1. The zero-order chi connectivity index (χ0) is 19.6. The van der Waals surface area contributed by atoms with Gasteiger partial charge in [0.1, 0.15) is 0 Å². The van der Waals surface area contributed by atoms with Gasteiger partial charge in [0.2, 0.25) is 0 Å². The van der Waals surface area contributed by atoms with E-state index >= 15 is 0 Å². The van der Waals surface area contributed by atoms with Crippen molar-refractivity contribution in [2.75, 3.05) is 11.9 Å². The second kappa shape index (κ2) is 7.73. The normalized spacial score (nSPS) is 13.9. The molecule has 0 aliphatic carbocycles. The topological polar surface area (TPSA) is 58.1 Å². The molecule has 0 saturated carbocycles. The number of amides is 1. The van der Waals surface area contributed by atoms with Crippen LogP contribution in [0, 0.1) is 0 Å². The zero-order valence-corrected chi connectivity index (χ0v) is 16.7. The molecule has 0 spiro atoms. The molecule has 6 heteroatoms. The van der Waals surface area contributed by atoms with Gasteiger partial charge in [-0.1, -0.05) is 48.5 Å². The number of benzene rings is 2. The molecule has 1 N–H and O–H groups in total. The van der Waals surface area contributed by atoms with Crippen molar-refractivity contribution in [3.63, 3.8) is 0 Å². The highest BCUT2D eigenvalue weighted by molar-refractivity contribution is 7.15. The van der Waals surface area contributed by atoms with Crippen LogP contribution in [0.5, 0.6) is 0 Å². The zero-order valence-electron chi connectivity index (χ0n) is 15.8. The number of carbonyl (C=O) groups is 1. The molecule has 0 unspecified atom stereocenters. The van der Waals surface area contributed by atoms with Crippen molar-refractivity contribution >= 4 is 33.3 Å². The Morgan fingerprint density at radius 1 is 1.07 bits per heavy atom. The van der Waals surface area contributed by atoms with Gasteiger partial charge in [-0.2, -0.15) is 0 Å². The maximum absolute atomic E-state index is 12.9. The number of para-hydroxylation sites is 1. The highest BCUT2D eigenvalue weighted by Gasteiger charge is 2.22. The van der Waals surface area contributed by atoms with Gasteiger partial charge in [-0.3, -0.25) is 20.0 Å². The highest BCUT2D eigenvalue weighted by Crippen LogP contribution is 2.29. The van der Waals surface area contributed by atoms with Crippen molar-refractivity contribution in [3.05, 3.63) is 88.6 Å². The largest absolute Gasteiger partial charge is 0.298 e. The number of rotatable bonds is 4. The minimum atomic E-state index is -0.165. The molecule has 0 saturated heterocycles. The van der Waals surface area contributed by atoms with Gasteiger partial charge in [-0.05, 0) is 17.7 Å². The standard InChI is InChI=1S/C23H20N4OS/c28-22(18-10-4-8-17-9-5-12-24-21(17)18)26-23-25-19-11-13-27(15-20(19)29-23)14-16-6-2-1-3-7-16/h1-10,12H,11,13-15H2,(H,25,26,28). The minimum absolute atomic E-state index is 0.165. The minimum Gasteiger partial charge on any atom is -0.298 e. The molecule has 2 aromatic heterocycles. The summed E-state index contributed by atoms with van der Waals surface area (Å²) in [7, 11) is 0. The van der Waals surface area contributed by atoms with Gasteiger partial charge >= 0.3 is 0 Å². The number of fused-ring (bicyclic) bond motifs is 2. The average Bonchev–Trinajstić information content (AvgIpc) is 3.15. The lowest BCUT2D eigenvalue weighted by atomic mass is 10.1. The Labute approximate surface area is 173 Å². The fourth-order valence-corrected chi connectivity index (χ4v) is 4.78. The van der Waals surface area contributed by atoms with E-state index in [0.29, 0.717) is 16.2 Å². The number of nitrogens with zero attached hydrogens (tertiary/aromatic N) is 3. The van der Waals surface area contributed by atoms with Crippen LogP contribution in [0.2, 0.25) is 0 Å². The van der Waals surface area contributed by atoms with Crippen LogP contribution in [0.3, 0.4) is 0 Å². The van der Waals surface area contributed by atoms with Gasteiger partial charge in [0.05, 0.1) is 16.8 Å². The number of thiazole rings is 1. The Morgan fingerprint density at radius 3 is 2.83 bits per heavy atom. The third-order valence-electron chi connectivity index (χ3n) is 5.16. The first kappa shape index (κ1) is 18.0. The van der Waals surface area contributed by atoms with Gasteiger partial charge in [0, 0.05) is 42.5 Å². The van der Waals surface area contributed by atoms with Crippen molar-refractivity contribution < 1.29 is 4.79 Å². The van der Waals surface area contributed by atoms with Crippen LogP contribution >= 0.6 is 11.3 Å². The maximum atomic E-state index is 12.9. The number of aromatic nitrogens is 2. The lowest BCUT2D eigenvalue weighted by Crippen LogP contribution is -2.29. The number of nitrogens with one attached hydrogen (secondary N) is 1. The Kier molecular flexibility index (Phi) is 4.79. The molecule has 0 fully saturated rings. The molecule has 0 bridgehead atoms. The summed E-state index contributed by atoms with van der Waals surface area (Å²) in [6, 6.07) is 20.0. The van der Waals surface area contributed by atoms with Gasteiger partial charge < -0.3 is 0 Å². The van der Waals surface area contributed by atoms with E-state index in [2.05, 4.69) is 44.5 Å². The highest BCUT2D eigenvalue weighted by atomic mass is 32.1. The molecule has 5 rings (SSSR count). The molecule has 4 aromatic rings. The molecule has 5 nitrogen and oxygen atoms in total. The van der Waals surface area contributed by atoms with E-state index in [1.54, 1.807) is 23.6 Å². The van der Waals surface area contributed by atoms with E-state index in [9.17, 15) is 4.79 Å². The maximum Gasteiger partial charge on any atom is 0.259 e. The molecule has 3 heterocycles. The van der Waals surface area contributed by atoms with Crippen molar-refractivity contribution in [3.8, 4) is 0 Å². The van der Waals surface area contributed by atoms with E-state index < -0.39 is 0 Å². The summed E-state index contributed by atoms with van der Waals surface area (Å²) in [6.45, 7) is 2.78. The van der Waals surface area contributed by atoms with Crippen molar-refractivity contribution in [2.24, 2.45) is 0 Å². The first-order chi connectivity index (χ1) is 14.3. The number of pyridine rings is 1. The van der Waals surface area contributed by atoms with Gasteiger partial charge in [0.25, 0.3) is 5.91 Å². The lowest BCUT2D eigenvalue weighted by Gasteiger charge is -2.25. The molecule has 1 aliphatic heterocycles. The Morgan fingerprint density at radius 2 is 1.93 bits per heavy atom. The van der Waals surface area contributed by atoms with Gasteiger partial charge in [-0.25, -0.2) is 4.98 Å². The predicted octanol–water partition coefficient (Wildman–Crippen LogP) is 4.50. The van der Waals surface area contributed by atoms with E-state index in [0.717, 1.165) is 37.1 Å². The number of carbonyl (C=O) groups excluding carboxylic acids is 1. The summed E-state index contributed by atoms with van der Waals surface area (Å²) < 4.78 is 0. The van der Waals surface area contributed by atoms with Gasteiger partial charge in [-0.15, -0.1) is 11.3 Å². The molecule has 2 aromatic carbocycles. The monoisotopic (exact) mass is 400 g/mol. The van der Waals surface area contributed by atoms with Crippen LogP contribution in [0.15, 0.2) is 66.9 Å². The van der Waals surface area contributed by atoms with Crippen LogP contribution in [0.1, 0.15) is 26.5 Å². The Hall–Kier alpha value is -3.09. The Balaban J connectivity index is 1.32. The first-order valence-corrected chi connectivity index (χ1v) is 10.5. The predicted molar refractivity (Wildman–Crippen MR) is 116 cm³/mol. The summed E-state index contributed by atoms with van der Waals surface area (Å²) in [6.07, 6.45) is 2.62. The van der Waals surface area contributed by atoms with E-state index in [4.69, 9.17) is 0 Å². The second-order valence-electron chi connectivity index (χ2n) is 7.17. The Bertz CT molecular complexity index is 1170. The molecule has 144 valence electrons. The van der Waals surface area contributed by atoms with E-state index in [1.807, 2.05) is 30.3 Å². The summed E-state index contributed by atoms with van der Waals surface area (Å²) >= 11 is 1.57. The molecule has 0 atom stereocenters. The summed E-state index contributed by atoms with van der Waals surface area (Å²) in [4.78, 5) is 25.6. The van der Waals surface area contributed by atoms with Crippen molar-refractivity contribution in [2.45, 2.75) is 19.5 Å². The first-order valence-electron chi connectivity index (χ1n) is 9.66. The molecule has 1 aliphatic rings. The van der Waals surface area contributed by atoms with Crippen LogP contribution in [-0.4, -0.2) is 27.3 Å². The quantitative estimate of drug-likeness (QED) is 0.548.